The zero-order valence-corrected chi connectivity index (χ0v) is 17.6. The summed E-state index contributed by atoms with van der Waals surface area (Å²) in [7, 11) is -3.13. The second-order valence-corrected chi connectivity index (χ2v) is 9.46. The summed E-state index contributed by atoms with van der Waals surface area (Å²) in [6, 6.07) is 0. The molecule has 0 unspecified atom stereocenters. The highest BCUT2D eigenvalue weighted by atomic mass is 32.2. The molecule has 28 heavy (non-hydrogen) atoms. The Morgan fingerprint density at radius 2 is 1.96 bits per heavy atom. The molecule has 0 bridgehead atoms. The number of ether oxygens (including phenoxy) is 1. The number of carbonyl (C=O) groups is 1. The first-order valence-electron chi connectivity index (χ1n) is 10.1. The van der Waals surface area contributed by atoms with Gasteiger partial charge in [0, 0.05) is 57.8 Å². The Morgan fingerprint density at radius 3 is 2.64 bits per heavy atom. The molecule has 0 radical (unpaired) electrons. The molecule has 1 N–H and O–H groups in total. The number of amides is 1. The Bertz CT molecular complexity index is 784. The molecule has 10 heteroatoms. The number of hydrogen-bond acceptors (Lipinski definition) is 6. The van der Waals surface area contributed by atoms with Crippen LogP contribution in [-0.4, -0.2) is 84.9 Å². The number of nitrogens with zero attached hydrogens (tertiary/aromatic N) is 4. The molecule has 3 heterocycles. The van der Waals surface area contributed by atoms with Gasteiger partial charge in [0.15, 0.2) is 5.69 Å². The second-order valence-electron chi connectivity index (χ2n) is 7.37. The standard InChI is InChI=1S/C18H31N5O4S/c1-3-4-14-28(25,26)22-11-9-21(10-12-22)8-6-19-17(24)16-15(2)18-23(20-16)7-5-13-27-18/h3-14H2,1-2H3,(H,19,24). The second kappa shape index (κ2) is 9.23. The molecule has 0 aliphatic carbocycles. The fourth-order valence-corrected chi connectivity index (χ4v) is 5.20. The van der Waals surface area contributed by atoms with E-state index in [1.807, 2.05) is 13.8 Å². The van der Waals surface area contributed by atoms with E-state index in [1.165, 1.54) is 0 Å². The summed E-state index contributed by atoms with van der Waals surface area (Å²) in [5.74, 6) is 0.734. The van der Waals surface area contributed by atoms with Crippen LogP contribution in [-0.2, 0) is 16.6 Å². The van der Waals surface area contributed by atoms with Crippen molar-refractivity contribution in [2.75, 3.05) is 51.6 Å². The van der Waals surface area contributed by atoms with E-state index >= 15 is 0 Å². The van der Waals surface area contributed by atoms with E-state index in [0.717, 1.165) is 24.9 Å². The van der Waals surface area contributed by atoms with E-state index < -0.39 is 10.0 Å². The number of aryl methyl sites for hydroxylation is 1. The highest BCUT2D eigenvalue weighted by molar-refractivity contribution is 7.89. The van der Waals surface area contributed by atoms with Crippen molar-refractivity contribution in [2.45, 2.75) is 39.7 Å². The van der Waals surface area contributed by atoms with Crippen molar-refractivity contribution in [1.82, 2.24) is 24.3 Å². The van der Waals surface area contributed by atoms with Crippen LogP contribution >= 0.6 is 0 Å². The fraction of sp³-hybridized carbons (Fsp3) is 0.778. The molecule has 2 aliphatic heterocycles. The average Bonchev–Trinajstić information content (AvgIpc) is 3.04. The maximum Gasteiger partial charge on any atom is 0.272 e. The lowest BCUT2D eigenvalue weighted by Crippen LogP contribution is -2.50. The predicted octanol–water partition coefficient (Wildman–Crippen LogP) is 0.451. The van der Waals surface area contributed by atoms with Gasteiger partial charge in [0.25, 0.3) is 5.91 Å². The van der Waals surface area contributed by atoms with Gasteiger partial charge in [-0.25, -0.2) is 13.1 Å². The van der Waals surface area contributed by atoms with Gasteiger partial charge in [0.1, 0.15) is 0 Å². The summed E-state index contributed by atoms with van der Waals surface area (Å²) in [5, 5.41) is 7.29. The molecular weight excluding hydrogens is 382 g/mol. The van der Waals surface area contributed by atoms with Crippen LogP contribution in [0.2, 0.25) is 0 Å². The molecule has 1 amide bonds. The van der Waals surface area contributed by atoms with Crippen molar-refractivity contribution in [3.05, 3.63) is 11.3 Å². The van der Waals surface area contributed by atoms with Gasteiger partial charge in [-0.05, 0) is 13.3 Å². The minimum atomic E-state index is -3.13. The number of piperazine rings is 1. The van der Waals surface area contributed by atoms with Crippen LogP contribution in [0.3, 0.4) is 0 Å². The largest absolute Gasteiger partial charge is 0.478 e. The van der Waals surface area contributed by atoms with Gasteiger partial charge in [-0.3, -0.25) is 9.69 Å². The number of nitrogens with one attached hydrogen (secondary N) is 1. The quantitative estimate of drug-likeness (QED) is 0.665. The number of carbonyl (C=O) groups excluding carboxylic acids is 1. The number of aromatic nitrogens is 2. The predicted molar refractivity (Wildman–Crippen MR) is 106 cm³/mol. The molecule has 1 fully saturated rings. The topological polar surface area (TPSA) is 96.8 Å². The van der Waals surface area contributed by atoms with Gasteiger partial charge in [-0.2, -0.15) is 9.40 Å². The summed E-state index contributed by atoms with van der Waals surface area (Å²) in [4.78, 5) is 14.6. The first-order chi connectivity index (χ1) is 13.4. The summed E-state index contributed by atoms with van der Waals surface area (Å²) in [5.41, 5.74) is 1.20. The minimum Gasteiger partial charge on any atom is -0.478 e. The van der Waals surface area contributed by atoms with E-state index in [2.05, 4.69) is 15.3 Å². The lowest BCUT2D eigenvalue weighted by Gasteiger charge is -2.33. The summed E-state index contributed by atoms with van der Waals surface area (Å²) >= 11 is 0. The van der Waals surface area contributed by atoms with E-state index in [1.54, 1.807) is 8.99 Å². The molecule has 1 saturated heterocycles. The molecule has 0 saturated carbocycles. The van der Waals surface area contributed by atoms with Crippen LogP contribution in [0.4, 0.5) is 0 Å². The van der Waals surface area contributed by atoms with Gasteiger partial charge < -0.3 is 10.1 Å². The third-order valence-corrected chi connectivity index (χ3v) is 7.25. The number of hydrogen-bond donors (Lipinski definition) is 1. The SMILES string of the molecule is CCCCS(=O)(=O)N1CCN(CCNC(=O)c2nn3c(c2C)OCCC3)CC1. The van der Waals surface area contributed by atoms with Gasteiger partial charge >= 0.3 is 0 Å². The zero-order valence-electron chi connectivity index (χ0n) is 16.8. The number of fused-ring (bicyclic) bond motifs is 1. The van der Waals surface area contributed by atoms with Gasteiger partial charge in [-0.1, -0.05) is 13.3 Å². The third kappa shape index (κ3) is 4.84. The molecule has 0 atom stereocenters. The zero-order chi connectivity index (χ0) is 20.1. The summed E-state index contributed by atoms with van der Waals surface area (Å²) in [6.45, 7) is 8.89. The first-order valence-corrected chi connectivity index (χ1v) is 11.7. The van der Waals surface area contributed by atoms with Crippen LogP contribution in [0.15, 0.2) is 0 Å². The summed E-state index contributed by atoms with van der Waals surface area (Å²) < 4.78 is 33.5. The Labute approximate surface area is 167 Å². The van der Waals surface area contributed by atoms with Gasteiger partial charge in [0.05, 0.1) is 12.4 Å². The molecule has 1 aromatic rings. The van der Waals surface area contributed by atoms with Crippen LogP contribution in [0.1, 0.15) is 42.2 Å². The van der Waals surface area contributed by atoms with Gasteiger partial charge in [-0.15, -0.1) is 0 Å². The average molecular weight is 414 g/mol. The molecule has 2 aliphatic rings. The van der Waals surface area contributed by atoms with E-state index in [0.29, 0.717) is 63.9 Å². The maximum atomic E-state index is 12.5. The number of unbranched alkanes of at least 4 members (excludes halogenated alkanes) is 1. The van der Waals surface area contributed by atoms with E-state index in [-0.39, 0.29) is 11.7 Å². The van der Waals surface area contributed by atoms with Crippen LogP contribution < -0.4 is 10.1 Å². The Morgan fingerprint density at radius 1 is 1.21 bits per heavy atom. The molecule has 3 rings (SSSR count). The van der Waals surface area contributed by atoms with E-state index in [9.17, 15) is 13.2 Å². The Hall–Kier alpha value is -1.65. The fourth-order valence-electron chi connectivity index (χ4n) is 3.57. The molecular formula is C18H31N5O4S. The molecule has 0 spiro atoms. The maximum absolute atomic E-state index is 12.5. The minimum absolute atomic E-state index is 0.191. The first kappa shape index (κ1) is 21.1. The lowest BCUT2D eigenvalue weighted by molar-refractivity contribution is 0.0938. The molecule has 0 aromatic carbocycles. The van der Waals surface area contributed by atoms with Crippen molar-refractivity contribution in [3.8, 4) is 5.88 Å². The highest BCUT2D eigenvalue weighted by Gasteiger charge is 2.27. The Balaban J connectivity index is 1.43. The van der Waals surface area contributed by atoms with Crippen molar-refractivity contribution < 1.29 is 17.9 Å². The Kier molecular flexibility index (Phi) is 6.95. The van der Waals surface area contributed by atoms with E-state index in [4.69, 9.17) is 4.74 Å². The van der Waals surface area contributed by atoms with Crippen molar-refractivity contribution in [3.63, 3.8) is 0 Å². The monoisotopic (exact) mass is 413 g/mol. The van der Waals surface area contributed by atoms with Crippen LogP contribution in [0.5, 0.6) is 5.88 Å². The number of sulfonamides is 1. The normalized spacial score (nSPS) is 18.5. The van der Waals surface area contributed by atoms with Crippen LogP contribution in [0, 0.1) is 6.92 Å². The molecule has 158 valence electrons. The van der Waals surface area contributed by atoms with Gasteiger partial charge in [0.2, 0.25) is 15.9 Å². The molecule has 9 nitrogen and oxygen atoms in total. The van der Waals surface area contributed by atoms with Crippen molar-refractivity contribution in [1.29, 1.82) is 0 Å². The van der Waals surface area contributed by atoms with Crippen molar-refractivity contribution >= 4 is 15.9 Å². The number of rotatable bonds is 8. The van der Waals surface area contributed by atoms with Crippen LogP contribution in [0.25, 0.3) is 0 Å². The smallest absolute Gasteiger partial charge is 0.272 e. The lowest BCUT2D eigenvalue weighted by atomic mass is 10.2. The van der Waals surface area contributed by atoms with Crippen molar-refractivity contribution in [2.24, 2.45) is 0 Å². The summed E-state index contributed by atoms with van der Waals surface area (Å²) in [6.07, 6.45) is 2.48. The third-order valence-electron chi connectivity index (χ3n) is 5.29. The highest BCUT2D eigenvalue weighted by Crippen LogP contribution is 2.24. The molecule has 1 aromatic heterocycles.